The van der Waals surface area contributed by atoms with Crippen LogP contribution in [0.4, 0.5) is 0 Å². The Balaban J connectivity index is 1.56. The summed E-state index contributed by atoms with van der Waals surface area (Å²) >= 11 is 0. The number of ether oxygens (including phenoxy) is 1. The van der Waals surface area contributed by atoms with Crippen molar-refractivity contribution in [3.8, 4) is 0 Å². The van der Waals surface area contributed by atoms with E-state index in [1.807, 2.05) is 13.8 Å². The maximum atomic E-state index is 14.5. The molecule has 10 heteroatoms. The topological polar surface area (TPSA) is 114 Å². The van der Waals surface area contributed by atoms with Crippen molar-refractivity contribution in [2.45, 2.75) is 66.7 Å². The number of fused-ring (bicyclic) bond motifs is 1. The lowest BCUT2D eigenvalue weighted by molar-refractivity contribution is -0.837. The zero-order valence-corrected chi connectivity index (χ0v) is 27.0. The minimum Gasteiger partial charge on any atom is -0.481 e. The Morgan fingerprint density at radius 2 is 1.65 bits per heavy atom. The molecule has 2 aromatic heterocycles. The molecule has 1 aliphatic carbocycles. The number of aliphatic carboxylic acids is 1. The number of ketones is 2. The van der Waals surface area contributed by atoms with Crippen LogP contribution in [-0.4, -0.2) is 65.4 Å². The number of aromatic nitrogens is 2. The van der Waals surface area contributed by atoms with Crippen LogP contribution in [0.5, 0.6) is 0 Å². The lowest BCUT2D eigenvalue weighted by Crippen LogP contribution is -2.70. The Kier molecular flexibility index (Phi) is 5.06. The van der Waals surface area contributed by atoms with E-state index in [0.29, 0.717) is 28.5 Å². The quantitative estimate of drug-likeness (QED) is 0.230. The summed E-state index contributed by atoms with van der Waals surface area (Å²) < 4.78 is 14.6. The number of Topliss-reactive ketones (excluding diaryl/α,β-unsaturated/α-hetero) is 2. The Morgan fingerprint density at radius 3 is 2.30 bits per heavy atom. The Hall–Kier alpha value is -4.60. The lowest BCUT2D eigenvalue weighted by Gasteiger charge is -2.39. The summed E-state index contributed by atoms with van der Waals surface area (Å²) in [5, 5.41) is 11.5. The maximum Gasteiger partial charge on any atom is 0.552 e. The number of nitrogens with zero attached hydrogens (tertiary/aromatic N) is 4. The van der Waals surface area contributed by atoms with E-state index in [-0.39, 0.29) is 41.7 Å². The highest BCUT2D eigenvalue weighted by atomic mass is 16.5. The van der Waals surface area contributed by atoms with E-state index in [9.17, 15) is 24.3 Å². The van der Waals surface area contributed by atoms with E-state index < -0.39 is 23.8 Å². The second-order valence-corrected chi connectivity index (χ2v) is 14.0. The third kappa shape index (κ3) is 2.64. The highest BCUT2D eigenvalue weighted by Gasteiger charge is 2.77. The molecule has 46 heavy (non-hydrogen) atoms. The lowest BCUT2D eigenvalue weighted by atomic mass is 9.81. The highest BCUT2D eigenvalue weighted by Crippen LogP contribution is 2.55. The van der Waals surface area contributed by atoms with Crippen LogP contribution < -0.4 is 10.7 Å². The summed E-state index contributed by atoms with van der Waals surface area (Å²) in [6.45, 7) is 12.2. The van der Waals surface area contributed by atoms with Gasteiger partial charge in [-0.15, -0.1) is 0 Å². The maximum absolute atomic E-state index is 14.5. The zero-order valence-electron chi connectivity index (χ0n) is 27.0. The summed E-state index contributed by atoms with van der Waals surface area (Å²) in [6.07, 6.45) is 7.79. The van der Waals surface area contributed by atoms with Gasteiger partial charge in [-0.25, -0.2) is 0 Å². The third-order valence-electron chi connectivity index (χ3n) is 12.1. The van der Waals surface area contributed by atoms with Crippen molar-refractivity contribution in [1.82, 2.24) is 9.13 Å². The van der Waals surface area contributed by atoms with Crippen molar-refractivity contribution in [1.29, 1.82) is 0 Å². The van der Waals surface area contributed by atoms with E-state index >= 15 is 0 Å². The molecule has 0 saturated heterocycles. The van der Waals surface area contributed by atoms with Crippen LogP contribution in [0, 0.1) is 43.4 Å². The summed E-state index contributed by atoms with van der Waals surface area (Å²) in [6, 6.07) is 0. The van der Waals surface area contributed by atoms with E-state index in [0.717, 1.165) is 51.4 Å². The Bertz CT molecular complexity index is 2250. The average molecular weight is 621 g/mol. The van der Waals surface area contributed by atoms with Gasteiger partial charge in [0, 0.05) is 35.8 Å². The minimum absolute atomic E-state index is 0.00588. The fraction of sp³-hybridized carbons (Fsp3) is 0.444. The largest absolute Gasteiger partial charge is 0.552 e. The van der Waals surface area contributed by atoms with Gasteiger partial charge in [-0.2, -0.15) is 9.13 Å². The standard InChI is InChI=1S/C36H35N4O6/c1-8-19-14(2)21-13-26-28(18(6)41)16(4)23-11-22-15(3)20(9-10-27(42)43)32-30-31(35(45)46-7)34(44)29-17(5)24-12-25(19)37(21)36(38(23)26,39(22)32)40(24)33(29)30/h11-15,19-20,31H,8-10H2,1-7H3/q+1/p+1/t14-,15+,19-,20+,31-,36?/m1/s1. The normalized spacial score (nSPS) is 29.9. The van der Waals surface area contributed by atoms with E-state index in [1.54, 1.807) is 6.92 Å². The molecule has 0 amide bonds. The summed E-state index contributed by atoms with van der Waals surface area (Å²) in [5.74, 6) is -4.01. The van der Waals surface area contributed by atoms with Gasteiger partial charge in [0.2, 0.25) is 5.71 Å². The van der Waals surface area contributed by atoms with Crippen LogP contribution in [0.2, 0.25) is 0 Å². The fourth-order valence-corrected chi connectivity index (χ4v) is 10.3. The number of hydrogen-bond donors (Lipinski definition) is 1. The smallest absolute Gasteiger partial charge is 0.481 e. The second kappa shape index (κ2) is 8.40. The van der Waals surface area contributed by atoms with Gasteiger partial charge in [-0.3, -0.25) is 19.2 Å². The first-order chi connectivity index (χ1) is 21.9. The predicted octanol–water partition coefficient (Wildman–Crippen LogP) is 2.59. The van der Waals surface area contributed by atoms with Gasteiger partial charge in [0.25, 0.3) is 0 Å². The van der Waals surface area contributed by atoms with Gasteiger partial charge in [0.05, 0.1) is 58.4 Å². The minimum atomic E-state index is -1.14. The molecule has 6 aliphatic heterocycles. The van der Waals surface area contributed by atoms with Gasteiger partial charge in [-0.05, 0) is 44.7 Å². The van der Waals surface area contributed by atoms with Crippen LogP contribution in [0.1, 0.15) is 90.2 Å². The molecule has 6 atom stereocenters. The molecule has 0 saturated carbocycles. The number of carboxylic acid groups (broad SMARTS) is 1. The number of esters is 1. The molecule has 234 valence electrons. The number of carbonyl (C=O) groups excluding carboxylic acids is 3. The number of rotatable bonds is 6. The zero-order chi connectivity index (χ0) is 32.5. The number of allylic oxidation sites excluding steroid dienone is 2. The molecule has 0 bridgehead atoms. The van der Waals surface area contributed by atoms with Gasteiger partial charge in [-0.1, -0.05) is 29.9 Å². The summed E-state index contributed by atoms with van der Waals surface area (Å²) in [7, 11) is 1.31. The monoisotopic (exact) mass is 620 g/mol. The third-order valence-corrected chi connectivity index (χ3v) is 12.1. The van der Waals surface area contributed by atoms with Crippen molar-refractivity contribution < 1.29 is 38.2 Å². The first-order valence-electron chi connectivity index (χ1n) is 16.3. The highest BCUT2D eigenvalue weighted by molar-refractivity contribution is 6.34. The average Bonchev–Trinajstić information content (AvgIpc) is 3.74. The molecule has 9 rings (SSSR count). The van der Waals surface area contributed by atoms with Crippen molar-refractivity contribution in [2.75, 3.05) is 7.11 Å². The van der Waals surface area contributed by atoms with Crippen LogP contribution in [0.25, 0.3) is 23.8 Å². The van der Waals surface area contributed by atoms with Crippen molar-refractivity contribution in [3.05, 3.63) is 55.7 Å². The molecule has 10 nitrogen and oxygen atoms in total. The van der Waals surface area contributed by atoms with Gasteiger partial charge < -0.3 is 9.84 Å². The first kappa shape index (κ1) is 27.7. The second-order valence-electron chi connectivity index (χ2n) is 14.0. The Labute approximate surface area is 265 Å². The Morgan fingerprint density at radius 1 is 0.978 bits per heavy atom. The summed E-state index contributed by atoms with van der Waals surface area (Å²) in [4.78, 5) is 53.5. The van der Waals surface area contributed by atoms with Crippen molar-refractivity contribution in [3.63, 3.8) is 0 Å². The van der Waals surface area contributed by atoms with Crippen LogP contribution >= 0.6 is 0 Å². The molecular weight excluding hydrogens is 584 g/mol. The van der Waals surface area contributed by atoms with Gasteiger partial charge in [0.15, 0.2) is 34.6 Å². The molecule has 2 aromatic rings. The van der Waals surface area contributed by atoms with Crippen molar-refractivity contribution in [2.24, 2.45) is 29.6 Å². The van der Waals surface area contributed by atoms with Crippen LogP contribution in [0.15, 0.2) is 11.4 Å². The van der Waals surface area contributed by atoms with Gasteiger partial charge in [0.1, 0.15) is 0 Å². The predicted molar refractivity (Wildman–Crippen MR) is 168 cm³/mol. The number of carboxylic acids is 1. The molecule has 1 unspecified atom stereocenters. The number of methoxy groups -OCH3 is 1. The molecule has 8 heterocycles. The van der Waals surface area contributed by atoms with E-state index in [4.69, 9.17) is 4.74 Å². The molecule has 0 aromatic carbocycles. The molecule has 1 N–H and O–H groups in total. The van der Waals surface area contributed by atoms with Crippen LogP contribution in [0.3, 0.4) is 0 Å². The molecular formula is C36H36N4O6+2. The number of hydrogen-bond acceptors (Lipinski definition) is 5. The fourth-order valence-electron chi connectivity index (χ4n) is 10.3. The molecule has 0 radical (unpaired) electrons. The van der Waals surface area contributed by atoms with Crippen LogP contribution in [-0.2, 0) is 20.2 Å². The molecule has 1 spiro atoms. The van der Waals surface area contributed by atoms with Gasteiger partial charge >= 0.3 is 17.8 Å². The SMILES string of the molecule is CC[C@H]1C2=[N+]3C(=Cc4c(C(C)=O)c(C)c5n4C34n3c(c(C)c6c3=C(C3=[N+]4C(=C5)[C@@H](C)[C@@H]3CCC(=O)O)[C@@H](C(=O)OC)C6=O)=C2)[C@@H]1C. The van der Waals surface area contributed by atoms with Crippen molar-refractivity contribution >= 4 is 58.7 Å². The molecule has 0 fully saturated rings. The van der Waals surface area contributed by atoms with E-state index in [1.165, 1.54) is 12.8 Å². The summed E-state index contributed by atoms with van der Waals surface area (Å²) in [5.41, 5.74) is 9.45. The molecule has 7 aliphatic rings. The van der Waals surface area contributed by atoms with E-state index in [2.05, 4.69) is 57.3 Å². The number of carbonyl (C=O) groups is 4. The first-order valence-corrected chi connectivity index (χ1v) is 16.3.